The second kappa shape index (κ2) is 5.17. The Morgan fingerprint density at radius 2 is 1.09 bits per heavy atom. The number of halogens is 11. The van der Waals surface area contributed by atoms with Crippen LogP contribution in [0.1, 0.15) is 11.1 Å². The predicted octanol–water partition coefficient (Wildman–Crippen LogP) is 5.34. The van der Waals surface area contributed by atoms with Crippen molar-refractivity contribution in [1.29, 1.82) is 0 Å². The molecule has 0 atom stereocenters. The highest BCUT2D eigenvalue weighted by Crippen LogP contribution is 2.56. The molecule has 0 fully saturated rings. The second-order valence-electron chi connectivity index (χ2n) is 4.07. The van der Waals surface area contributed by atoms with Gasteiger partial charge in [-0.3, -0.25) is 0 Å². The van der Waals surface area contributed by atoms with E-state index in [2.05, 4.69) is 15.9 Å². The molecule has 1 nitrogen and oxygen atoms in total. The normalized spacial score (nSPS) is 14.3. The third-order valence-electron chi connectivity index (χ3n) is 2.60. The number of benzene rings is 1. The summed E-state index contributed by atoms with van der Waals surface area (Å²) in [5.41, 5.74) is -7.70. The number of anilines is 1. The lowest BCUT2D eigenvalue weighted by Crippen LogP contribution is -2.51. The molecule has 126 valence electrons. The van der Waals surface area contributed by atoms with Crippen LogP contribution in [-0.4, -0.2) is 12.4 Å². The highest BCUT2D eigenvalue weighted by Gasteiger charge is 2.74. The molecule has 0 radical (unpaired) electrons. The minimum atomic E-state index is -6.57. The predicted molar refractivity (Wildman–Crippen MR) is 58.5 cm³/mol. The van der Waals surface area contributed by atoms with Crippen molar-refractivity contribution >= 4 is 21.6 Å². The molecular formula is C10H4BrF10N. The minimum absolute atomic E-state index is 0.0917. The first-order chi connectivity index (χ1) is 9.53. The highest BCUT2D eigenvalue weighted by molar-refractivity contribution is 9.10. The molecule has 0 aliphatic carbocycles. The molecule has 2 N–H and O–H groups in total. The van der Waals surface area contributed by atoms with Gasteiger partial charge in [0.25, 0.3) is 0 Å². The Labute approximate surface area is 124 Å². The summed E-state index contributed by atoms with van der Waals surface area (Å²) in [6.45, 7) is 0. The number of hydrogen-bond donors (Lipinski definition) is 1. The van der Waals surface area contributed by atoms with Gasteiger partial charge < -0.3 is 5.73 Å². The van der Waals surface area contributed by atoms with Gasteiger partial charge in [0.05, 0.1) is 11.3 Å². The van der Waals surface area contributed by atoms with E-state index < -0.39 is 45.5 Å². The Hall–Kier alpha value is -1.20. The molecule has 1 rings (SSSR count). The molecule has 0 amide bonds. The first-order valence-electron chi connectivity index (χ1n) is 5.02. The summed E-state index contributed by atoms with van der Waals surface area (Å²) >= 11 is 2.31. The van der Waals surface area contributed by atoms with E-state index in [-0.39, 0.29) is 12.1 Å². The van der Waals surface area contributed by atoms with Crippen molar-refractivity contribution in [3.05, 3.63) is 27.7 Å². The summed E-state index contributed by atoms with van der Waals surface area (Å²) in [7, 11) is 0. The minimum Gasteiger partial charge on any atom is -0.398 e. The molecule has 0 aliphatic rings. The lowest BCUT2D eigenvalue weighted by atomic mass is 9.90. The van der Waals surface area contributed by atoms with Crippen molar-refractivity contribution in [2.24, 2.45) is 0 Å². The zero-order valence-electron chi connectivity index (χ0n) is 9.89. The van der Waals surface area contributed by atoms with Gasteiger partial charge in [-0.15, -0.1) is 0 Å². The average molecular weight is 408 g/mol. The van der Waals surface area contributed by atoms with Gasteiger partial charge in [0.1, 0.15) is 0 Å². The first kappa shape index (κ1) is 18.8. The van der Waals surface area contributed by atoms with Gasteiger partial charge in [-0.1, -0.05) is 15.9 Å². The number of rotatable bonds is 1. The Balaban J connectivity index is 3.84. The summed E-state index contributed by atoms with van der Waals surface area (Å²) in [6, 6.07) is 0.0531. The van der Waals surface area contributed by atoms with Crippen molar-refractivity contribution in [3.8, 4) is 0 Å². The fourth-order valence-electron chi connectivity index (χ4n) is 1.60. The lowest BCUT2D eigenvalue weighted by molar-refractivity contribution is -0.348. The Morgan fingerprint density at radius 1 is 0.727 bits per heavy atom. The van der Waals surface area contributed by atoms with Crippen LogP contribution in [-0.2, 0) is 11.8 Å². The maximum absolute atomic E-state index is 13.8. The molecule has 1 aromatic carbocycles. The van der Waals surface area contributed by atoms with Crippen molar-refractivity contribution in [2.75, 3.05) is 5.73 Å². The van der Waals surface area contributed by atoms with Crippen LogP contribution in [0, 0.1) is 0 Å². The van der Waals surface area contributed by atoms with Crippen molar-refractivity contribution < 1.29 is 43.9 Å². The van der Waals surface area contributed by atoms with Crippen molar-refractivity contribution in [2.45, 2.75) is 24.2 Å². The maximum atomic E-state index is 13.8. The van der Waals surface area contributed by atoms with Crippen LogP contribution in [0.4, 0.5) is 49.6 Å². The van der Waals surface area contributed by atoms with Gasteiger partial charge in [0.2, 0.25) is 0 Å². The summed E-state index contributed by atoms with van der Waals surface area (Å²) in [5.74, 6) is 0. The summed E-state index contributed by atoms with van der Waals surface area (Å²) in [5, 5.41) is 0. The highest BCUT2D eigenvalue weighted by atomic mass is 79.9. The Bertz CT molecular complexity index is 557. The summed E-state index contributed by atoms with van der Waals surface area (Å²) < 4.78 is 126. The van der Waals surface area contributed by atoms with Crippen LogP contribution in [0.3, 0.4) is 0 Å². The molecule has 0 saturated heterocycles. The fraction of sp³-hybridized carbons (Fsp3) is 0.400. The van der Waals surface area contributed by atoms with Gasteiger partial charge in [0, 0.05) is 10.0 Å². The van der Waals surface area contributed by atoms with E-state index in [4.69, 9.17) is 5.73 Å². The first-order valence-corrected chi connectivity index (χ1v) is 5.82. The van der Waals surface area contributed by atoms with E-state index in [9.17, 15) is 43.9 Å². The van der Waals surface area contributed by atoms with Crippen LogP contribution in [0.5, 0.6) is 0 Å². The molecule has 0 spiro atoms. The van der Waals surface area contributed by atoms with E-state index in [0.29, 0.717) is 0 Å². The lowest BCUT2D eigenvalue weighted by Gasteiger charge is -2.32. The van der Waals surface area contributed by atoms with E-state index in [0.717, 1.165) is 0 Å². The molecular weight excluding hydrogens is 404 g/mol. The topological polar surface area (TPSA) is 26.0 Å². The van der Waals surface area contributed by atoms with Gasteiger partial charge in [0.15, 0.2) is 0 Å². The monoisotopic (exact) mass is 407 g/mol. The van der Waals surface area contributed by atoms with Crippen molar-refractivity contribution in [1.82, 2.24) is 0 Å². The van der Waals surface area contributed by atoms with Crippen molar-refractivity contribution in [3.63, 3.8) is 0 Å². The standard InChI is InChI=1S/C10H4BrF10N/c11-3-1-4(6(22)5(2-3)8(13,14)15)7(12,9(16,17)18)10(19,20)21/h1-2H,22H2. The second-order valence-corrected chi connectivity index (χ2v) is 4.98. The zero-order valence-corrected chi connectivity index (χ0v) is 11.5. The molecule has 1 aromatic rings. The van der Waals surface area contributed by atoms with E-state index >= 15 is 0 Å². The van der Waals surface area contributed by atoms with Gasteiger partial charge in [-0.2, -0.15) is 39.5 Å². The summed E-state index contributed by atoms with van der Waals surface area (Å²) in [4.78, 5) is 0. The van der Waals surface area contributed by atoms with Crippen LogP contribution in [0.25, 0.3) is 0 Å². The largest absolute Gasteiger partial charge is 0.436 e. The van der Waals surface area contributed by atoms with Crippen LogP contribution >= 0.6 is 15.9 Å². The summed E-state index contributed by atoms with van der Waals surface area (Å²) in [6.07, 6.45) is -18.5. The van der Waals surface area contributed by atoms with Crippen LogP contribution in [0.15, 0.2) is 16.6 Å². The molecule has 0 saturated carbocycles. The number of hydrogen-bond acceptors (Lipinski definition) is 1. The molecule has 0 bridgehead atoms. The molecule has 0 unspecified atom stereocenters. The maximum Gasteiger partial charge on any atom is 0.436 e. The van der Waals surface area contributed by atoms with E-state index in [1.165, 1.54) is 0 Å². The van der Waals surface area contributed by atoms with E-state index in [1.807, 2.05) is 0 Å². The van der Waals surface area contributed by atoms with E-state index in [1.54, 1.807) is 0 Å². The molecule has 0 heterocycles. The molecule has 0 aliphatic heterocycles. The molecule has 22 heavy (non-hydrogen) atoms. The third kappa shape index (κ3) is 2.97. The fourth-order valence-corrected chi connectivity index (χ4v) is 2.06. The molecule has 0 aromatic heterocycles. The number of alkyl halides is 10. The quantitative estimate of drug-likeness (QED) is 0.493. The van der Waals surface area contributed by atoms with Gasteiger partial charge >= 0.3 is 24.2 Å². The number of nitrogens with two attached hydrogens (primary N) is 1. The Kier molecular flexibility index (Phi) is 4.43. The molecule has 12 heteroatoms. The smallest absolute Gasteiger partial charge is 0.398 e. The number of nitrogen functional groups attached to an aromatic ring is 1. The zero-order chi connectivity index (χ0) is 17.7. The third-order valence-corrected chi connectivity index (χ3v) is 3.06. The van der Waals surface area contributed by atoms with Crippen LogP contribution in [0.2, 0.25) is 0 Å². The average Bonchev–Trinajstić information content (AvgIpc) is 2.26. The van der Waals surface area contributed by atoms with Crippen LogP contribution < -0.4 is 5.73 Å². The Morgan fingerprint density at radius 3 is 1.41 bits per heavy atom. The van der Waals surface area contributed by atoms with Gasteiger partial charge in [-0.25, -0.2) is 4.39 Å². The van der Waals surface area contributed by atoms with Gasteiger partial charge in [-0.05, 0) is 12.1 Å². The SMILES string of the molecule is Nc1c(C(F)(F)F)cc(Br)cc1C(F)(C(F)(F)F)C(F)(F)F.